The summed E-state index contributed by atoms with van der Waals surface area (Å²) in [6.45, 7) is 3.76. The highest BCUT2D eigenvalue weighted by Gasteiger charge is 2.28. The number of sulfonamides is 1. The molecular weight excluding hydrogens is 324 g/mol. The topological polar surface area (TPSA) is 57.7 Å². The van der Waals surface area contributed by atoms with Gasteiger partial charge in [0, 0.05) is 37.6 Å². The molecule has 1 saturated heterocycles. The third kappa shape index (κ3) is 4.00. The molecule has 2 rings (SSSR count). The van der Waals surface area contributed by atoms with Gasteiger partial charge >= 0.3 is 0 Å². The molecule has 0 N–H and O–H groups in total. The minimum Gasteiger partial charge on any atom is -0.341 e. The summed E-state index contributed by atoms with van der Waals surface area (Å²) in [4.78, 5) is 13.9. The zero-order chi connectivity index (χ0) is 16.2. The van der Waals surface area contributed by atoms with Gasteiger partial charge in [-0.25, -0.2) is 8.42 Å². The van der Waals surface area contributed by atoms with Crippen LogP contribution in [-0.2, 0) is 14.8 Å². The van der Waals surface area contributed by atoms with E-state index in [1.165, 1.54) is 10.4 Å². The molecule has 22 heavy (non-hydrogen) atoms. The van der Waals surface area contributed by atoms with Gasteiger partial charge < -0.3 is 4.90 Å². The van der Waals surface area contributed by atoms with Crippen molar-refractivity contribution in [2.75, 3.05) is 26.2 Å². The summed E-state index contributed by atoms with van der Waals surface area (Å²) < 4.78 is 26.8. The predicted molar refractivity (Wildman–Crippen MR) is 86.3 cm³/mol. The summed E-state index contributed by atoms with van der Waals surface area (Å²) in [5, 5.41) is 0.399. The molecule has 122 valence electrons. The lowest BCUT2D eigenvalue weighted by Crippen LogP contribution is -2.37. The average molecular weight is 345 g/mol. The second-order valence-electron chi connectivity index (χ2n) is 5.35. The molecule has 1 aromatic rings. The minimum absolute atomic E-state index is 0.101. The first kappa shape index (κ1) is 17.2. The van der Waals surface area contributed by atoms with Crippen molar-refractivity contribution in [1.82, 2.24) is 9.21 Å². The molecule has 1 aromatic carbocycles. The Bertz CT molecular complexity index is 633. The van der Waals surface area contributed by atoms with Crippen molar-refractivity contribution >= 4 is 27.5 Å². The highest BCUT2D eigenvalue weighted by molar-refractivity contribution is 7.89. The van der Waals surface area contributed by atoms with Gasteiger partial charge in [0.25, 0.3) is 0 Å². The summed E-state index contributed by atoms with van der Waals surface area (Å²) in [5.41, 5.74) is 0. The summed E-state index contributed by atoms with van der Waals surface area (Å²) in [7, 11) is -3.56. The van der Waals surface area contributed by atoms with Crippen molar-refractivity contribution in [2.24, 2.45) is 0 Å². The van der Waals surface area contributed by atoms with Gasteiger partial charge in [-0.2, -0.15) is 4.31 Å². The van der Waals surface area contributed by atoms with Crippen LogP contribution in [0.25, 0.3) is 0 Å². The lowest BCUT2D eigenvalue weighted by Gasteiger charge is -2.22. The van der Waals surface area contributed by atoms with Gasteiger partial charge in [0.1, 0.15) is 0 Å². The van der Waals surface area contributed by atoms with Crippen LogP contribution >= 0.6 is 11.6 Å². The SMILES string of the molecule is CCCC(=O)N1CCCN(S(=O)(=O)c2cccc(Cl)c2)CC1. The molecule has 0 aliphatic carbocycles. The van der Waals surface area contributed by atoms with E-state index < -0.39 is 10.0 Å². The van der Waals surface area contributed by atoms with Gasteiger partial charge in [0.15, 0.2) is 0 Å². The van der Waals surface area contributed by atoms with Gasteiger partial charge in [-0.15, -0.1) is 0 Å². The molecule has 0 spiro atoms. The normalized spacial score (nSPS) is 17.3. The van der Waals surface area contributed by atoms with Crippen LogP contribution in [0.4, 0.5) is 0 Å². The van der Waals surface area contributed by atoms with Gasteiger partial charge in [0.05, 0.1) is 4.90 Å². The average Bonchev–Trinajstić information content (AvgIpc) is 2.74. The molecule has 5 nitrogen and oxygen atoms in total. The summed E-state index contributed by atoms with van der Waals surface area (Å²) in [6, 6.07) is 6.28. The van der Waals surface area contributed by atoms with E-state index in [0.717, 1.165) is 6.42 Å². The first-order valence-corrected chi connectivity index (χ1v) is 9.30. The van der Waals surface area contributed by atoms with E-state index >= 15 is 0 Å². The van der Waals surface area contributed by atoms with Crippen molar-refractivity contribution < 1.29 is 13.2 Å². The maximum atomic E-state index is 12.7. The fraction of sp³-hybridized carbons (Fsp3) is 0.533. The van der Waals surface area contributed by atoms with Gasteiger partial charge in [-0.1, -0.05) is 24.6 Å². The fourth-order valence-corrected chi connectivity index (χ4v) is 4.30. The van der Waals surface area contributed by atoms with E-state index in [-0.39, 0.29) is 10.8 Å². The molecule has 1 amide bonds. The van der Waals surface area contributed by atoms with Crippen molar-refractivity contribution in [1.29, 1.82) is 0 Å². The van der Waals surface area contributed by atoms with E-state index in [1.54, 1.807) is 23.1 Å². The number of hydrogen-bond donors (Lipinski definition) is 0. The molecule has 7 heteroatoms. The molecule has 0 atom stereocenters. The van der Waals surface area contributed by atoms with Gasteiger partial charge in [-0.05, 0) is 31.0 Å². The van der Waals surface area contributed by atoms with Crippen LogP contribution in [0.5, 0.6) is 0 Å². The Morgan fingerprint density at radius 3 is 2.68 bits per heavy atom. The van der Waals surface area contributed by atoms with Gasteiger partial charge in [-0.3, -0.25) is 4.79 Å². The Hall–Kier alpha value is -1.11. The number of carbonyl (C=O) groups is 1. The Kier molecular flexibility index (Phi) is 5.83. The standard InChI is InChI=1S/C15H21ClN2O3S/c1-2-5-15(19)17-8-4-9-18(11-10-17)22(20,21)14-7-3-6-13(16)12-14/h3,6-7,12H,2,4-5,8-11H2,1H3. The number of amides is 1. The quantitative estimate of drug-likeness (QED) is 0.842. The third-order valence-electron chi connectivity index (χ3n) is 3.71. The molecule has 1 aliphatic rings. The molecule has 0 bridgehead atoms. The number of rotatable bonds is 4. The number of nitrogens with zero attached hydrogens (tertiary/aromatic N) is 2. The molecule has 1 heterocycles. The van der Waals surface area contributed by atoms with Crippen molar-refractivity contribution in [3.05, 3.63) is 29.3 Å². The first-order chi connectivity index (χ1) is 10.4. The molecule has 1 aliphatic heterocycles. The molecule has 0 unspecified atom stereocenters. The summed E-state index contributed by atoms with van der Waals surface area (Å²) in [5.74, 6) is 0.101. The lowest BCUT2D eigenvalue weighted by molar-refractivity contribution is -0.131. The zero-order valence-electron chi connectivity index (χ0n) is 12.7. The first-order valence-electron chi connectivity index (χ1n) is 7.48. The number of hydrogen-bond acceptors (Lipinski definition) is 3. The maximum absolute atomic E-state index is 12.7. The molecule has 0 saturated carbocycles. The highest BCUT2D eigenvalue weighted by Crippen LogP contribution is 2.21. The van der Waals surface area contributed by atoms with E-state index in [4.69, 9.17) is 11.6 Å². The summed E-state index contributed by atoms with van der Waals surface area (Å²) >= 11 is 5.89. The maximum Gasteiger partial charge on any atom is 0.243 e. The molecule has 0 radical (unpaired) electrons. The van der Waals surface area contributed by atoms with E-state index in [0.29, 0.717) is 44.0 Å². The van der Waals surface area contributed by atoms with Crippen LogP contribution in [0.3, 0.4) is 0 Å². The third-order valence-corrected chi connectivity index (χ3v) is 5.84. The second-order valence-corrected chi connectivity index (χ2v) is 7.72. The van der Waals surface area contributed by atoms with Crippen molar-refractivity contribution in [3.63, 3.8) is 0 Å². The smallest absolute Gasteiger partial charge is 0.243 e. The van der Waals surface area contributed by atoms with E-state index in [1.807, 2.05) is 6.92 Å². The van der Waals surface area contributed by atoms with E-state index in [9.17, 15) is 13.2 Å². The number of benzene rings is 1. The minimum atomic E-state index is -3.56. The van der Waals surface area contributed by atoms with Crippen LogP contribution in [0.1, 0.15) is 26.2 Å². The predicted octanol–water partition coefficient (Wildman–Crippen LogP) is 2.36. The Morgan fingerprint density at radius 2 is 2.00 bits per heavy atom. The molecular formula is C15H21ClN2O3S. The molecule has 0 aromatic heterocycles. The van der Waals surface area contributed by atoms with Crippen molar-refractivity contribution in [3.8, 4) is 0 Å². The van der Waals surface area contributed by atoms with Crippen LogP contribution < -0.4 is 0 Å². The summed E-state index contributed by atoms with van der Waals surface area (Å²) in [6.07, 6.45) is 1.97. The highest BCUT2D eigenvalue weighted by atomic mass is 35.5. The van der Waals surface area contributed by atoms with Crippen LogP contribution in [0.2, 0.25) is 5.02 Å². The zero-order valence-corrected chi connectivity index (χ0v) is 14.2. The monoisotopic (exact) mass is 344 g/mol. The van der Waals surface area contributed by atoms with Crippen LogP contribution in [0.15, 0.2) is 29.2 Å². The van der Waals surface area contributed by atoms with E-state index in [2.05, 4.69) is 0 Å². The van der Waals surface area contributed by atoms with Crippen molar-refractivity contribution in [2.45, 2.75) is 31.1 Å². The second kappa shape index (κ2) is 7.44. The van der Waals surface area contributed by atoms with Gasteiger partial charge in [0.2, 0.25) is 15.9 Å². The number of carbonyl (C=O) groups excluding carboxylic acids is 1. The Morgan fingerprint density at radius 1 is 1.23 bits per heavy atom. The van der Waals surface area contributed by atoms with Crippen LogP contribution in [0, 0.1) is 0 Å². The van der Waals surface area contributed by atoms with Crippen LogP contribution in [-0.4, -0.2) is 49.7 Å². The Labute approximate surface area is 136 Å². The fourth-order valence-electron chi connectivity index (χ4n) is 2.53. The molecule has 1 fully saturated rings. The Balaban J connectivity index is 2.12. The number of halogens is 1. The largest absolute Gasteiger partial charge is 0.341 e. The lowest BCUT2D eigenvalue weighted by atomic mass is 10.3.